The number of halogens is 3. The summed E-state index contributed by atoms with van der Waals surface area (Å²) >= 11 is 0. The lowest BCUT2D eigenvalue weighted by Gasteiger charge is -2.23. The fraction of sp³-hybridized carbons (Fsp3) is 0.467. The Morgan fingerprint density at radius 3 is 2.54 bits per heavy atom. The highest BCUT2D eigenvalue weighted by molar-refractivity contribution is 5.94. The van der Waals surface area contributed by atoms with Gasteiger partial charge in [0.05, 0.1) is 22.8 Å². The number of nitrogens with one attached hydrogen (secondary N) is 1. The Balaban J connectivity index is 2.10. The van der Waals surface area contributed by atoms with Crippen LogP contribution in [-0.4, -0.2) is 52.1 Å². The molecule has 1 aliphatic heterocycles. The van der Waals surface area contributed by atoms with E-state index >= 15 is 0 Å². The van der Waals surface area contributed by atoms with E-state index in [9.17, 15) is 32.9 Å². The van der Waals surface area contributed by atoms with Gasteiger partial charge in [-0.25, -0.2) is 0 Å². The SMILES string of the molecule is CC(C(=O)Nc1cccc([N+](=O)[O-])c1)N1C[C@@H](C(F)(F)F)[C@H](C(=O)O)C1. The molecule has 0 aromatic heterocycles. The Bertz CT molecular complexity index is 725. The molecular formula is C15H16F3N3O5. The van der Waals surface area contributed by atoms with Gasteiger partial charge in [0.2, 0.25) is 5.91 Å². The second-order valence-corrected chi connectivity index (χ2v) is 6.02. The van der Waals surface area contributed by atoms with Crippen LogP contribution in [0, 0.1) is 22.0 Å². The largest absolute Gasteiger partial charge is 0.481 e. The number of carbonyl (C=O) groups is 2. The van der Waals surface area contributed by atoms with Crippen LogP contribution in [0.25, 0.3) is 0 Å². The van der Waals surface area contributed by atoms with Gasteiger partial charge in [0.25, 0.3) is 5.69 Å². The molecular weight excluding hydrogens is 359 g/mol. The molecule has 3 atom stereocenters. The Labute approximate surface area is 145 Å². The van der Waals surface area contributed by atoms with E-state index in [-0.39, 0.29) is 11.4 Å². The first kappa shape index (κ1) is 19.6. The number of aliphatic carboxylic acids is 1. The van der Waals surface area contributed by atoms with Gasteiger partial charge in [-0.05, 0) is 13.0 Å². The van der Waals surface area contributed by atoms with E-state index in [0.29, 0.717) is 0 Å². The fourth-order valence-electron chi connectivity index (χ4n) is 2.84. The molecule has 1 heterocycles. The number of likely N-dealkylation sites (tertiary alicyclic amines) is 1. The van der Waals surface area contributed by atoms with Crippen LogP contribution in [0.4, 0.5) is 24.5 Å². The zero-order chi connectivity index (χ0) is 19.6. The number of nitro groups is 1. The third-order valence-electron chi connectivity index (χ3n) is 4.34. The molecule has 0 saturated carbocycles. The molecule has 1 aromatic rings. The summed E-state index contributed by atoms with van der Waals surface area (Å²) in [6.07, 6.45) is -4.69. The lowest BCUT2D eigenvalue weighted by Crippen LogP contribution is -2.41. The molecule has 8 nitrogen and oxygen atoms in total. The molecule has 1 fully saturated rings. The highest BCUT2D eigenvalue weighted by Crippen LogP contribution is 2.38. The van der Waals surface area contributed by atoms with Gasteiger partial charge in [-0.1, -0.05) is 6.07 Å². The van der Waals surface area contributed by atoms with Gasteiger partial charge < -0.3 is 10.4 Å². The molecule has 142 valence electrons. The first-order valence-corrected chi connectivity index (χ1v) is 7.59. The molecule has 11 heteroatoms. The van der Waals surface area contributed by atoms with Gasteiger partial charge in [-0.15, -0.1) is 0 Å². The summed E-state index contributed by atoms with van der Waals surface area (Å²) in [5.41, 5.74) is -0.128. The minimum Gasteiger partial charge on any atom is -0.481 e. The van der Waals surface area contributed by atoms with Crippen molar-refractivity contribution in [3.8, 4) is 0 Å². The number of hydrogen-bond acceptors (Lipinski definition) is 5. The van der Waals surface area contributed by atoms with Crippen molar-refractivity contribution in [3.05, 3.63) is 34.4 Å². The van der Waals surface area contributed by atoms with E-state index in [4.69, 9.17) is 5.11 Å². The lowest BCUT2D eigenvalue weighted by atomic mass is 9.96. The van der Waals surface area contributed by atoms with Crippen LogP contribution in [0.3, 0.4) is 0 Å². The molecule has 0 radical (unpaired) electrons. The van der Waals surface area contributed by atoms with Crippen molar-refractivity contribution in [2.24, 2.45) is 11.8 Å². The van der Waals surface area contributed by atoms with Crippen molar-refractivity contribution in [2.45, 2.75) is 19.1 Å². The number of nitro benzene ring substituents is 1. The highest BCUT2D eigenvalue weighted by Gasteiger charge is 2.53. The standard InChI is InChI=1S/C15H16F3N3O5/c1-8(13(22)19-9-3-2-4-10(5-9)21(25)26)20-6-11(14(23)24)12(7-20)15(16,17)18/h2-5,8,11-12H,6-7H2,1H3,(H,19,22)(H,23,24)/t8?,11-,12-/m1/s1. The number of nitrogens with zero attached hydrogens (tertiary/aromatic N) is 2. The van der Waals surface area contributed by atoms with E-state index < -0.39 is 53.9 Å². The molecule has 1 saturated heterocycles. The average molecular weight is 375 g/mol. The van der Waals surface area contributed by atoms with Crippen LogP contribution in [0.5, 0.6) is 0 Å². The van der Waals surface area contributed by atoms with Crippen molar-refractivity contribution in [1.29, 1.82) is 0 Å². The molecule has 1 aliphatic rings. The maximum atomic E-state index is 13.0. The zero-order valence-electron chi connectivity index (χ0n) is 13.6. The Morgan fingerprint density at radius 2 is 2.04 bits per heavy atom. The van der Waals surface area contributed by atoms with Crippen LogP contribution in [0.2, 0.25) is 0 Å². The van der Waals surface area contributed by atoms with Gasteiger partial charge in [0.1, 0.15) is 0 Å². The number of benzene rings is 1. The maximum Gasteiger partial charge on any atom is 0.393 e. The lowest BCUT2D eigenvalue weighted by molar-refractivity contribution is -0.384. The highest BCUT2D eigenvalue weighted by atomic mass is 19.4. The third kappa shape index (κ3) is 4.28. The second-order valence-electron chi connectivity index (χ2n) is 6.02. The van der Waals surface area contributed by atoms with E-state index in [1.54, 1.807) is 0 Å². The average Bonchev–Trinajstić information content (AvgIpc) is 3.00. The van der Waals surface area contributed by atoms with Crippen LogP contribution in [-0.2, 0) is 9.59 Å². The number of carboxylic acids is 1. The third-order valence-corrected chi connectivity index (χ3v) is 4.34. The first-order chi connectivity index (χ1) is 12.0. The molecule has 0 aliphatic carbocycles. The number of alkyl halides is 3. The number of hydrogen-bond donors (Lipinski definition) is 2. The molecule has 1 aromatic carbocycles. The summed E-state index contributed by atoms with van der Waals surface area (Å²) < 4.78 is 39.1. The summed E-state index contributed by atoms with van der Waals surface area (Å²) in [5, 5.41) is 22.1. The van der Waals surface area contributed by atoms with E-state index in [1.807, 2.05) is 0 Å². The number of non-ortho nitro benzene ring substituents is 1. The van der Waals surface area contributed by atoms with E-state index in [0.717, 1.165) is 11.0 Å². The summed E-state index contributed by atoms with van der Waals surface area (Å²) in [4.78, 5) is 34.6. The number of anilines is 1. The number of carboxylic acid groups (broad SMARTS) is 1. The minimum atomic E-state index is -4.69. The number of rotatable bonds is 5. The molecule has 1 amide bonds. The Kier molecular flexibility index (Phi) is 5.50. The van der Waals surface area contributed by atoms with Crippen LogP contribution >= 0.6 is 0 Å². The second kappa shape index (κ2) is 7.28. The zero-order valence-corrected chi connectivity index (χ0v) is 13.6. The maximum absolute atomic E-state index is 13.0. The monoisotopic (exact) mass is 375 g/mol. The van der Waals surface area contributed by atoms with E-state index in [2.05, 4.69) is 5.32 Å². The quantitative estimate of drug-likeness (QED) is 0.602. The summed E-state index contributed by atoms with van der Waals surface area (Å²) in [6, 6.07) is 4.07. The van der Waals surface area contributed by atoms with E-state index in [1.165, 1.54) is 25.1 Å². The molecule has 26 heavy (non-hydrogen) atoms. The molecule has 2 N–H and O–H groups in total. The molecule has 0 spiro atoms. The van der Waals surface area contributed by atoms with Crippen molar-refractivity contribution < 1.29 is 32.8 Å². The molecule has 2 rings (SSSR count). The van der Waals surface area contributed by atoms with Crippen molar-refractivity contribution >= 4 is 23.3 Å². The van der Waals surface area contributed by atoms with Gasteiger partial charge in [-0.3, -0.25) is 24.6 Å². The first-order valence-electron chi connectivity index (χ1n) is 7.59. The van der Waals surface area contributed by atoms with Crippen molar-refractivity contribution in [3.63, 3.8) is 0 Å². The normalized spacial score (nSPS) is 22.0. The van der Waals surface area contributed by atoms with Crippen molar-refractivity contribution in [2.75, 3.05) is 18.4 Å². The van der Waals surface area contributed by atoms with Crippen molar-refractivity contribution in [1.82, 2.24) is 4.90 Å². The van der Waals surface area contributed by atoms with Crippen LogP contribution in [0.15, 0.2) is 24.3 Å². The predicted molar refractivity (Wildman–Crippen MR) is 83.4 cm³/mol. The Hall–Kier alpha value is -2.69. The van der Waals surface area contributed by atoms with Gasteiger partial charge in [0.15, 0.2) is 0 Å². The fourth-order valence-corrected chi connectivity index (χ4v) is 2.84. The topological polar surface area (TPSA) is 113 Å². The Morgan fingerprint density at radius 1 is 1.38 bits per heavy atom. The molecule has 0 bridgehead atoms. The van der Waals surface area contributed by atoms with Crippen LogP contribution < -0.4 is 5.32 Å². The number of amides is 1. The predicted octanol–water partition coefficient (Wildman–Crippen LogP) is 2.12. The summed E-state index contributed by atoms with van der Waals surface area (Å²) in [7, 11) is 0. The smallest absolute Gasteiger partial charge is 0.393 e. The van der Waals surface area contributed by atoms with Crippen LogP contribution in [0.1, 0.15) is 6.92 Å². The summed E-state index contributed by atoms with van der Waals surface area (Å²) in [5.74, 6) is -5.96. The summed E-state index contributed by atoms with van der Waals surface area (Å²) in [6.45, 7) is 0.331. The molecule has 1 unspecified atom stereocenters. The number of carbonyl (C=O) groups excluding carboxylic acids is 1. The van der Waals surface area contributed by atoms with Gasteiger partial charge >= 0.3 is 12.1 Å². The minimum absolute atomic E-state index is 0.123. The van der Waals surface area contributed by atoms with Gasteiger partial charge in [0, 0.05) is 30.9 Å². The van der Waals surface area contributed by atoms with Gasteiger partial charge in [-0.2, -0.15) is 13.2 Å².